The van der Waals surface area contributed by atoms with Crippen molar-refractivity contribution in [3.8, 4) is 0 Å². The summed E-state index contributed by atoms with van der Waals surface area (Å²) in [5.74, 6) is -0.535. The van der Waals surface area contributed by atoms with Crippen molar-refractivity contribution >= 4 is 27.3 Å². The van der Waals surface area contributed by atoms with Crippen LogP contribution in [0.15, 0.2) is 17.0 Å². The average molecular weight is 309 g/mol. The first-order valence-corrected chi connectivity index (χ1v) is 7.75. The van der Waals surface area contributed by atoms with Gasteiger partial charge in [0.15, 0.2) is 5.82 Å². The van der Waals surface area contributed by atoms with E-state index in [1.165, 1.54) is 6.07 Å². The van der Waals surface area contributed by atoms with Gasteiger partial charge in [0, 0.05) is 12.2 Å². The number of anilines is 1. The number of nitrogens with two attached hydrogens (primary N) is 1. The molecular formula is C12H18ClFN2O2S. The van der Waals surface area contributed by atoms with Crippen LogP contribution in [-0.2, 0) is 10.0 Å². The lowest BCUT2D eigenvalue weighted by Crippen LogP contribution is -2.31. The standard InChI is InChI=1S/C12H18ClFN2O2S/c1-7(2)8(3)6-16-19(17,18)11-5-9(15)4-10(13)12(11)14/h4-5,7-8,16H,6,15H2,1-3H3. The van der Waals surface area contributed by atoms with Gasteiger partial charge < -0.3 is 5.73 Å². The van der Waals surface area contributed by atoms with Crippen LogP contribution >= 0.6 is 11.6 Å². The van der Waals surface area contributed by atoms with E-state index in [2.05, 4.69) is 4.72 Å². The monoisotopic (exact) mass is 308 g/mol. The molecule has 1 rings (SSSR count). The number of nitrogen functional groups attached to an aromatic ring is 1. The third-order valence-electron chi connectivity index (χ3n) is 3.04. The summed E-state index contributed by atoms with van der Waals surface area (Å²) >= 11 is 5.59. The first kappa shape index (κ1) is 16.2. The van der Waals surface area contributed by atoms with Crippen molar-refractivity contribution in [3.05, 3.63) is 23.0 Å². The molecule has 0 radical (unpaired) electrons. The molecule has 1 aromatic rings. The summed E-state index contributed by atoms with van der Waals surface area (Å²) in [5, 5.41) is -0.308. The Kier molecular flexibility index (Phi) is 5.18. The van der Waals surface area contributed by atoms with E-state index in [0.29, 0.717) is 5.92 Å². The zero-order chi connectivity index (χ0) is 14.8. The maximum atomic E-state index is 13.8. The third kappa shape index (κ3) is 4.06. The van der Waals surface area contributed by atoms with Crippen molar-refractivity contribution in [3.63, 3.8) is 0 Å². The number of hydrogen-bond acceptors (Lipinski definition) is 3. The lowest BCUT2D eigenvalue weighted by atomic mass is 9.99. The van der Waals surface area contributed by atoms with Crippen molar-refractivity contribution < 1.29 is 12.8 Å². The van der Waals surface area contributed by atoms with Crippen LogP contribution < -0.4 is 10.5 Å². The topological polar surface area (TPSA) is 72.2 Å². The Morgan fingerprint density at radius 1 is 1.37 bits per heavy atom. The van der Waals surface area contributed by atoms with Gasteiger partial charge in [0.1, 0.15) is 4.90 Å². The van der Waals surface area contributed by atoms with Gasteiger partial charge in [-0.2, -0.15) is 0 Å². The van der Waals surface area contributed by atoms with Gasteiger partial charge in [0.25, 0.3) is 0 Å². The molecular weight excluding hydrogens is 291 g/mol. The molecule has 7 heteroatoms. The zero-order valence-electron chi connectivity index (χ0n) is 11.1. The van der Waals surface area contributed by atoms with E-state index in [9.17, 15) is 12.8 Å². The highest BCUT2D eigenvalue weighted by Gasteiger charge is 2.22. The lowest BCUT2D eigenvalue weighted by molar-refractivity contribution is 0.414. The molecule has 0 spiro atoms. The highest BCUT2D eigenvalue weighted by Crippen LogP contribution is 2.25. The Hall–Kier alpha value is -0.850. The molecule has 0 saturated heterocycles. The van der Waals surface area contributed by atoms with Crippen LogP contribution in [0.1, 0.15) is 20.8 Å². The van der Waals surface area contributed by atoms with Crippen LogP contribution in [0.2, 0.25) is 5.02 Å². The molecule has 0 bridgehead atoms. The number of rotatable bonds is 5. The maximum absolute atomic E-state index is 13.8. The molecule has 0 aliphatic carbocycles. The van der Waals surface area contributed by atoms with Gasteiger partial charge in [-0.25, -0.2) is 17.5 Å². The molecule has 19 heavy (non-hydrogen) atoms. The Morgan fingerprint density at radius 2 is 1.95 bits per heavy atom. The second kappa shape index (κ2) is 6.07. The average Bonchev–Trinajstić information content (AvgIpc) is 2.30. The zero-order valence-corrected chi connectivity index (χ0v) is 12.6. The van der Waals surface area contributed by atoms with Crippen molar-refractivity contribution in [2.45, 2.75) is 25.7 Å². The van der Waals surface area contributed by atoms with Crippen LogP contribution in [0.4, 0.5) is 10.1 Å². The fourth-order valence-corrected chi connectivity index (χ4v) is 2.89. The quantitative estimate of drug-likeness (QED) is 0.821. The first-order valence-electron chi connectivity index (χ1n) is 5.89. The predicted octanol–water partition coefficient (Wildman–Crippen LogP) is 2.63. The molecule has 1 unspecified atom stereocenters. The Morgan fingerprint density at radius 3 is 2.47 bits per heavy atom. The number of sulfonamides is 1. The van der Waals surface area contributed by atoms with Crippen molar-refractivity contribution in [2.75, 3.05) is 12.3 Å². The maximum Gasteiger partial charge on any atom is 0.243 e. The lowest BCUT2D eigenvalue weighted by Gasteiger charge is -2.16. The van der Waals surface area contributed by atoms with Gasteiger partial charge in [-0.1, -0.05) is 32.4 Å². The first-order chi connectivity index (χ1) is 8.65. The number of hydrogen-bond donors (Lipinski definition) is 2. The van der Waals surface area contributed by atoms with Crippen LogP contribution in [-0.4, -0.2) is 15.0 Å². The van der Waals surface area contributed by atoms with Crippen molar-refractivity contribution in [1.29, 1.82) is 0 Å². The van der Waals surface area contributed by atoms with Crippen LogP contribution in [0.25, 0.3) is 0 Å². The second-order valence-electron chi connectivity index (χ2n) is 4.89. The molecule has 0 heterocycles. The summed E-state index contributed by atoms with van der Waals surface area (Å²) in [4.78, 5) is -0.520. The normalized spacial score (nSPS) is 13.8. The van der Waals surface area contributed by atoms with Gasteiger partial charge >= 0.3 is 0 Å². The smallest absolute Gasteiger partial charge is 0.243 e. The van der Waals surface area contributed by atoms with E-state index in [1.807, 2.05) is 20.8 Å². The molecule has 1 aromatic carbocycles. The molecule has 3 N–H and O–H groups in total. The minimum absolute atomic E-state index is 0.101. The number of halogens is 2. The van der Waals surface area contributed by atoms with E-state index in [1.54, 1.807) is 0 Å². The van der Waals surface area contributed by atoms with Crippen molar-refractivity contribution in [2.24, 2.45) is 11.8 Å². The van der Waals surface area contributed by atoms with Gasteiger partial charge in [-0.15, -0.1) is 0 Å². The van der Waals surface area contributed by atoms with Gasteiger partial charge in [-0.05, 0) is 24.0 Å². The van der Waals surface area contributed by atoms with Crippen LogP contribution in [0.3, 0.4) is 0 Å². The van der Waals surface area contributed by atoms with E-state index in [-0.39, 0.29) is 23.2 Å². The Labute approximate surface area is 118 Å². The SMILES string of the molecule is CC(C)C(C)CNS(=O)(=O)c1cc(N)cc(Cl)c1F. The predicted molar refractivity (Wildman–Crippen MR) is 75.0 cm³/mol. The van der Waals surface area contributed by atoms with Gasteiger partial charge in [-0.3, -0.25) is 0 Å². The summed E-state index contributed by atoms with van der Waals surface area (Å²) in [6.07, 6.45) is 0. The Bertz CT molecular complexity index is 561. The minimum atomic E-state index is -3.95. The molecule has 108 valence electrons. The summed E-state index contributed by atoms with van der Waals surface area (Å²) < 4.78 is 40.2. The molecule has 4 nitrogen and oxygen atoms in total. The molecule has 0 aliphatic heterocycles. The van der Waals surface area contributed by atoms with E-state index in [4.69, 9.17) is 17.3 Å². The highest BCUT2D eigenvalue weighted by molar-refractivity contribution is 7.89. The molecule has 0 aromatic heterocycles. The van der Waals surface area contributed by atoms with Gasteiger partial charge in [0.05, 0.1) is 5.02 Å². The Balaban J connectivity index is 3.01. The van der Waals surface area contributed by atoms with Gasteiger partial charge in [0.2, 0.25) is 10.0 Å². The molecule has 0 fully saturated rings. The summed E-state index contributed by atoms with van der Waals surface area (Å²) in [6.45, 7) is 6.11. The number of benzene rings is 1. The van der Waals surface area contributed by atoms with E-state index < -0.39 is 20.7 Å². The second-order valence-corrected chi connectivity index (χ2v) is 7.03. The third-order valence-corrected chi connectivity index (χ3v) is 4.74. The minimum Gasteiger partial charge on any atom is -0.399 e. The highest BCUT2D eigenvalue weighted by atomic mass is 35.5. The molecule has 0 amide bonds. The van der Waals surface area contributed by atoms with E-state index >= 15 is 0 Å². The van der Waals surface area contributed by atoms with Crippen LogP contribution in [0, 0.1) is 17.7 Å². The summed E-state index contributed by atoms with van der Waals surface area (Å²) in [7, 11) is -3.95. The fraction of sp³-hybridized carbons (Fsp3) is 0.500. The van der Waals surface area contributed by atoms with Crippen molar-refractivity contribution in [1.82, 2.24) is 4.72 Å². The fourth-order valence-electron chi connectivity index (χ4n) is 1.33. The van der Waals surface area contributed by atoms with E-state index in [0.717, 1.165) is 6.07 Å². The summed E-state index contributed by atoms with van der Waals surface area (Å²) in [6, 6.07) is 2.23. The molecule has 0 saturated carbocycles. The van der Waals surface area contributed by atoms with Crippen LogP contribution in [0.5, 0.6) is 0 Å². The summed E-state index contributed by atoms with van der Waals surface area (Å²) in [5.41, 5.74) is 5.59. The molecule has 1 atom stereocenters. The number of nitrogens with one attached hydrogen (secondary N) is 1. The molecule has 0 aliphatic rings. The largest absolute Gasteiger partial charge is 0.399 e.